The molecule has 1 saturated heterocycles. The number of hydrogen-bond donors (Lipinski definition) is 1. The van der Waals surface area contributed by atoms with Crippen molar-refractivity contribution < 1.29 is 13.2 Å². The van der Waals surface area contributed by atoms with E-state index in [1.54, 1.807) is 0 Å². The summed E-state index contributed by atoms with van der Waals surface area (Å²) in [6, 6.07) is 10.0. The second kappa shape index (κ2) is 9.24. The van der Waals surface area contributed by atoms with Gasteiger partial charge in [0, 0.05) is 25.7 Å². The number of hydrogen-bond acceptors (Lipinski definition) is 6. The zero-order chi connectivity index (χ0) is 21.9. The highest BCUT2D eigenvalue weighted by atomic mass is 32.2. The number of sulfonamides is 1. The summed E-state index contributed by atoms with van der Waals surface area (Å²) in [6.07, 6.45) is 0.956. The van der Waals surface area contributed by atoms with Gasteiger partial charge in [-0.15, -0.1) is 4.91 Å². The van der Waals surface area contributed by atoms with Crippen LogP contribution in [0, 0.1) is 24.7 Å². The van der Waals surface area contributed by atoms with Gasteiger partial charge in [-0.25, -0.2) is 8.42 Å². The third kappa shape index (κ3) is 4.88. The highest BCUT2D eigenvalue weighted by Gasteiger charge is 2.34. The summed E-state index contributed by atoms with van der Waals surface area (Å²) in [5, 5.41) is 6.33. The van der Waals surface area contributed by atoms with E-state index >= 15 is 0 Å². The molecule has 1 aliphatic rings. The van der Waals surface area contributed by atoms with Crippen LogP contribution in [0.25, 0.3) is 0 Å². The highest BCUT2D eigenvalue weighted by Crippen LogP contribution is 2.35. The molecule has 0 aromatic heterocycles. The van der Waals surface area contributed by atoms with Crippen molar-refractivity contribution >= 4 is 15.7 Å². The number of ether oxygens (including phenoxy) is 1. The Hall–Kier alpha value is -2.29. The molecule has 0 radical (unpaired) electrons. The molecule has 30 heavy (non-hydrogen) atoms. The van der Waals surface area contributed by atoms with Crippen molar-refractivity contribution in [1.29, 1.82) is 0 Å². The van der Waals surface area contributed by atoms with E-state index in [9.17, 15) is 13.3 Å². The van der Waals surface area contributed by atoms with Crippen LogP contribution < -0.4 is 10.1 Å². The van der Waals surface area contributed by atoms with E-state index in [1.165, 1.54) is 22.5 Å². The minimum atomic E-state index is -3.87. The van der Waals surface area contributed by atoms with Gasteiger partial charge >= 0.3 is 0 Å². The van der Waals surface area contributed by atoms with Gasteiger partial charge in [-0.05, 0) is 66.4 Å². The molecule has 2 aromatic rings. The lowest BCUT2D eigenvalue weighted by Gasteiger charge is -2.36. The summed E-state index contributed by atoms with van der Waals surface area (Å²) in [5.74, 6) is 1.08. The summed E-state index contributed by atoms with van der Waals surface area (Å²) in [6.45, 7) is 9.41. The lowest BCUT2D eigenvalue weighted by Crippen LogP contribution is -2.54. The van der Waals surface area contributed by atoms with Crippen molar-refractivity contribution in [3.63, 3.8) is 0 Å². The molecule has 162 valence electrons. The molecule has 0 aliphatic carbocycles. The first-order valence-corrected chi connectivity index (χ1v) is 11.7. The molecule has 2 atom stereocenters. The standard InChI is InChI=1S/C22H29N3O4S/c1-5-17(4)20-14-25(9-8-23-20)30(27,28)22-13-18(24-26)6-7-21(22)29-19-11-15(2)10-16(3)12-19/h6-7,10-13,17,20,23H,5,8-9,14H2,1-4H3/t17-,20?/m0/s1. The second-order valence-corrected chi connectivity index (χ2v) is 9.86. The van der Waals surface area contributed by atoms with Gasteiger partial charge in [-0.3, -0.25) is 0 Å². The van der Waals surface area contributed by atoms with Crippen LogP contribution >= 0.6 is 0 Å². The van der Waals surface area contributed by atoms with Crippen molar-refractivity contribution in [1.82, 2.24) is 9.62 Å². The van der Waals surface area contributed by atoms with Crippen molar-refractivity contribution in [2.24, 2.45) is 11.1 Å². The number of rotatable bonds is 7. The van der Waals surface area contributed by atoms with Crippen molar-refractivity contribution in [3.05, 3.63) is 52.4 Å². The number of nitroso groups, excluding NO2 is 1. The molecule has 2 aromatic carbocycles. The Balaban J connectivity index is 1.99. The summed E-state index contributed by atoms with van der Waals surface area (Å²) >= 11 is 0. The molecule has 0 spiro atoms. The molecule has 1 fully saturated rings. The van der Waals surface area contributed by atoms with Crippen LogP contribution in [0.3, 0.4) is 0 Å². The van der Waals surface area contributed by atoms with Crippen LogP contribution in [0.15, 0.2) is 46.5 Å². The van der Waals surface area contributed by atoms with Gasteiger partial charge in [0.25, 0.3) is 0 Å². The minimum absolute atomic E-state index is 0.0384. The number of piperazine rings is 1. The van der Waals surface area contributed by atoms with E-state index in [-0.39, 0.29) is 22.4 Å². The Labute approximate surface area is 178 Å². The molecule has 0 amide bonds. The number of nitrogens with one attached hydrogen (secondary N) is 1. The predicted octanol–water partition coefficient (Wildman–Crippen LogP) is 4.50. The molecule has 0 saturated carbocycles. The molecule has 1 N–H and O–H groups in total. The van der Waals surface area contributed by atoms with E-state index in [0.717, 1.165) is 17.5 Å². The summed E-state index contributed by atoms with van der Waals surface area (Å²) in [7, 11) is -3.87. The first kappa shape index (κ1) is 22.4. The zero-order valence-corrected chi connectivity index (χ0v) is 18.7. The molecule has 0 bridgehead atoms. The van der Waals surface area contributed by atoms with Crippen molar-refractivity contribution in [2.45, 2.75) is 45.1 Å². The maximum absolute atomic E-state index is 13.5. The van der Waals surface area contributed by atoms with Crippen molar-refractivity contribution in [3.8, 4) is 11.5 Å². The van der Waals surface area contributed by atoms with Gasteiger partial charge in [-0.2, -0.15) is 4.31 Å². The molecular formula is C22H29N3O4S. The fourth-order valence-corrected chi connectivity index (χ4v) is 5.33. The quantitative estimate of drug-likeness (QED) is 0.652. The Morgan fingerprint density at radius 1 is 1.20 bits per heavy atom. The molecule has 7 nitrogen and oxygen atoms in total. The maximum atomic E-state index is 13.5. The molecular weight excluding hydrogens is 402 g/mol. The average Bonchev–Trinajstić information content (AvgIpc) is 2.72. The first-order chi connectivity index (χ1) is 14.2. The summed E-state index contributed by atoms with van der Waals surface area (Å²) in [4.78, 5) is 11.1. The molecule has 1 unspecified atom stereocenters. The van der Waals surface area contributed by atoms with E-state index in [4.69, 9.17) is 4.74 Å². The van der Waals surface area contributed by atoms with Gasteiger partial charge in [0.15, 0.2) is 0 Å². The van der Waals surface area contributed by atoms with E-state index in [2.05, 4.69) is 24.3 Å². The number of aryl methyl sites for hydroxylation is 2. The van der Waals surface area contributed by atoms with Crippen LogP contribution in [0.5, 0.6) is 11.5 Å². The second-order valence-electron chi connectivity index (χ2n) is 7.96. The number of nitrogens with zero attached hydrogens (tertiary/aromatic N) is 2. The smallest absolute Gasteiger partial charge is 0.246 e. The summed E-state index contributed by atoms with van der Waals surface area (Å²) in [5.41, 5.74) is 2.08. The maximum Gasteiger partial charge on any atom is 0.246 e. The number of benzene rings is 2. The van der Waals surface area contributed by atoms with Gasteiger partial charge in [0.1, 0.15) is 22.1 Å². The largest absolute Gasteiger partial charge is 0.456 e. The SMILES string of the molecule is CC[C@H](C)C1CN(S(=O)(=O)c2cc(N=O)ccc2Oc2cc(C)cc(C)c2)CCN1. The first-order valence-electron chi connectivity index (χ1n) is 10.2. The summed E-state index contributed by atoms with van der Waals surface area (Å²) < 4.78 is 34.5. The Morgan fingerprint density at radius 3 is 2.53 bits per heavy atom. The molecule has 3 rings (SSSR count). The fraction of sp³-hybridized carbons (Fsp3) is 0.455. The van der Waals surface area contributed by atoms with Gasteiger partial charge < -0.3 is 10.1 Å². The van der Waals surface area contributed by atoms with E-state index in [0.29, 0.717) is 31.3 Å². The molecule has 8 heteroatoms. The van der Waals surface area contributed by atoms with E-state index < -0.39 is 10.0 Å². The molecule has 1 heterocycles. The molecule has 1 aliphatic heterocycles. The van der Waals surface area contributed by atoms with Crippen molar-refractivity contribution in [2.75, 3.05) is 19.6 Å². The Morgan fingerprint density at radius 2 is 1.90 bits per heavy atom. The lowest BCUT2D eigenvalue weighted by atomic mass is 9.98. The monoisotopic (exact) mass is 431 g/mol. The lowest BCUT2D eigenvalue weighted by molar-refractivity contribution is 0.243. The van der Waals surface area contributed by atoms with Crippen LogP contribution in [0.4, 0.5) is 5.69 Å². The minimum Gasteiger partial charge on any atom is -0.456 e. The topological polar surface area (TPSA) is 88.1 Å². The van der Waals surface area contributed by atoms with Gasteiger partial charge in [0.05, 0.1) is 0 Å². The Bertz CT molecular complexity index is 1000. The zero-order valence-electron chi connectivity index (χ0n) is 17.9. The van der Waals surface area contributed by atoms with Crippen LogP contribution in [-0.2, 0) is 10.0 Å². The average molecular weight is 432 g/mol. The highest BCUT2D eigenvalue weighted by molar-refractivity contribution is 7.89. The van der Waals surface area contributed by atoms with Gasteiger partial charge in [0.2, 0.25) is 10.0 Å². The third-order valence-electron chi connectivity index (χ3n) is 5.57. The van der Waals surface area contributed by atoms with Crippen LogP contribution in [0.2, 0.25) is 0 Å². The van der Waals surface area contributed by atoms with Crippen LogP contribution in [-0.4, -0.2) is 38.4 Å². The van der Waals surface area contributed by atoms with Gasteiger partial charge in [-0.1, -0.05) is 26.3 Å². The van der Waals surface area contributed by atoms with E-state index in [1.807, 2.05) is 32.0 Å². The third-order valence-corrected chi connectivity index (χ3v) is 7.46. The normalized spacial score (nSPS) is 18.7. The van der Waals surface area contributed by atoms with Crippen LogP contribution in [0.1, 0.15) is 31.4 Å². The predicted molar refractivity (Wildman–Crippen MR) is 118 cm³/mol. The Kier molecular flexibility index (Phi) is 6.90. The fourth-order valence-electron chi connectivity index (χ4n) is 3.73.